The monoisotopic (exact) mass is 621 g/mol. The highest BCUT2D eigenvalue weighted by atomic mass is 79.9. The molecule has 12 heteroatoms. The summed E-state index contributed by atoms with van der Waals surface area (Å²) in [5, 5.41) is 31.2. The summed E-state index contributed by atoms with van der Waals surface area (Å²) in [4.78, 5) is 24.4. The minimum atomic E-state index is -3.85. The lowest BCUT2D eigenvalue weighted by Crippen LogP contribution is -2.38. The summed E-state index contributed by atoms with van der Waals surface area (Å²) in [5.74, 6) is -1.81. The minimum Gasteiger partial charge on any atom is -0.443 e. The summed E-state index contributed by atoms with van der Waals surface area (Å²) >= 11 is 5.06. The van der Waals surface area contributed by atoms with Crippen LogP contribution in [0.25, 0.3) is 0 Å². The zero-order chi connectivity index (χ0) is 27.6. The first-order chi connectivity index (χ1) is 17.4. The number of hydrogen-bond donors (Lipinski definition) is 3. The van der Waals surface area contributed by atoms with Crippen LogP contribution < -0.4 is 0 Å². The second kappa shape index (κ2) is 15.1. The number of halogens is 1. The van der Waals surface area contributed by atoms with E-state index in [0.717, 1.165) is 23.4 Å². The summed E-state index contributed by atoms with van der Waals surface area (Å²) in [5.41, 5.74) is 0. The van der Waals surface area contributed by atoms with Gasteiger partial charge < -0.3 is 20.1 Å². The van der Waals surface area contributed by atoms with Crippen LogP contribution in [-0.2, 0) is 30.8 Å². The van der Waals surface area contributed by atoms with Gasteiger partial charge in [-0.2, -0.15) is 0 Å². The molecule has 2 rings (SSSR count). The number of carbonyl (C=O) groups excluding carboxylic acids is 2. The summed E-state index contributed by atoms with van der Waals surface area (Å²) in [6.45, 7) is 0.490. The van der Waals surface area contributed by atoms with Gasteiger partial charge in [0.2, 0.25) is 15.9 Å². The number of thiophene rings is 1. The molecule has 1 fully saturated rings. The third-order valence-corrected chi connectivity index (χ3v) is 8.98. The van der Waals surface area contributed by atoms with Gasteiger partial charge in [0.15, 0.2) is 6.73 Å². The molecule has 208 valence electrons. The number of carbonyl (C=O) groups is 2. The van der Waals surface area contributed by atoms with Crippen molar-refractivity contribution in [2.45, 2.75) is 70.2 Å². The van der Waals surface area contributed by atoms with Crippen LogP contribution in [0.4, 0.5) is 0 Å². The van der Waals surface area contributed by atoms with Crippen molar-refractivity contribution >= 4 is 49.2 Å². The number of unbranched alkanes of at least 4 members (excludes halogenated alkanes) is 1. The molecular weight excluding hydrogens is 586 g/mol. The van der Waals surface area contributed by atoms with Crippen molar-refractivity contribution in [1.29, 1.82) is 0 Å². The van der Waals surface area contributed by atoms with Crippen LogP contribution in [0.5, 0.6) is 0 Å². The third kappa shape index (κ3) is 11.0. The van der Waals surface area contributed by atoms with Crippen LogP contribution in [0.1, 0.15) is 50.3 Å². The van der Waals surface area contributed by atoms with E-state index in [1.807, 2.05) is 24.3 Å². The molecule has 1 saturated carbocycles. The highest BCUT2D eigenvalue weighted by molar-refractivity contribution is 9.11. The fourth-order valence-electron chi connectivity index (χ4n) is 4.20. The van der Waals surface area contributed by atoms with E-state index in [0.29, 0.717) is 30.0 Å². The van der Waals surface area contributed by atoms with Crippen LogP contribution in [0, 0.1) is 11.8 Å². The van der Waals surface area contributed by atoms with Gasteiger partial charge in [0.05, 0.1) is 28.4 Å². The number of aryl methyl sites for hydroxylation is 1. The van der Waals surface area contributed by atoms with Crippen molar-refractivity contribution in [2.75, 3.05) is 13.0 Å². The number of sulfonamides is 1. The van der Waals surface area contributed by atoms with Gasteiger partial charge in [-0.25, -0.2) is 12.7 Å². The van der Waals surface area contributed by atoms with Crippen molar-refractivity contribution in [1.82, 2.24) is 4.31 Å². The van der Waals surface area contributed by atoms with Crippen molar-refractivity contribution in [2.24, 2.45) is 11.8 Å². The topological polar surface area (TPSA) is 141 Å². The van der Waals surface area contributed by atoms with Crippen molar-refractivity contribution in [3.8, 4) is 0 Å². The van der Waals surface area contributed by atoms with Crippen molar-refractivity contribution in [3.63, 3.8) is 0 Å². The van der Waals surface area contributed by atoms with Gasteiger partial charge in [0.25, 0.3) is 0 Å². The predicted octanol–water partition coefficient (Wildman–Crippen LogP) is 3.14. The molecule has 1 heterocycles. The normalized spacial score (nSPS) is 23.1. The molecule has 0 saturated heterocycles. The van der Waals surface area contributed by atoms with Crippen molar-refractivity contribution in [3.05, 3.63) is 45.1 Å². The van der Waals surface area contributed by atoms with Gasteiger partial charge in [-0.05, 0) is 66.1 Å². The van der Waals surface area contributed by atoms with Crippen LogP contribution in [0.2, 0.25) is 0 Å². The molecule has 0 bridgehead atoms. The highest BCUT2D eigenvalue weighted by Crippen LogP contribution is 2.36. The van der Waals surface area contributed by atoms with E-state index < -0.39 is 46.9 Å². The Labute approximate surface area is 231 Å². The van der Waals surface area contributed by atoms with E-state index in [1.165, 1.54) is 4.88 Å². The average Bonchev–Trinajstić information content (AvgIpc) is 3.33. The fourth-order valence-corrected chi connectivity index (χ4v) is 6.41. The van der Waals surface area contributed by atoms with E-state index in [2.05, 4.69) is 20.7 Å². The first-order valence-electron chi connectivity index (χ1n) is 12.1. The van der Waals surface area contributed by atoms with Crippen LogP contribution in [0.15, 0.2) is 40.2 Å². The second-order valence-corrected chi connectivity index (χ2v) is 13.6. The van der Waals surface area contributed by atoms with E-state index in [9.17, 15) is 33.3 Å². The van der Waals surface area contributed by atoms with Crippen LogP contribution in [-0.4, -0.2) is 71.2 Å². The number of ether oxygens (including phenoxy) is 1. The maximum absolute atomic E-state index is 12.3. The van der Waals surface area contributed by atoms with Gasteiger partial charge in [-0.3, -0.25) is 9.59 Å². The molecule has 1 amide bonds. The lowest BCUT2D eigenvalue weighted by molar-refractivity contribution is -0.146. The molecule has 1 aliphatic carbocycles. The molecule has 0 spiro atoms. The molecule has 1 aromatic rings. The Hall–Kier alpha value is -1.57. The molecular formula is C25H36BrNO8S2. The van der Waals surface area contributed by atoms with Crippen molar-refractivity contribution < 1.29 is 38.1 Å². The third-order valence-electron chi connectivity index (χ3n) is 6.19. The van der Waals surface area contributed by atoms with E-state index in [4.69, 9.17) is 0 Å². The van der Waals surface area contributed by atoms with Crippen LogP contribution >= 0.6 is 27.3 Å². The molecule has 5 atom stereocenters. The fraction of sp³-hybridized carbons (Fsp3) is 0.600. The zero-order valence-corrected chi connectivity index (χ0v) is 24.3. The molecule has 1 aliphatic rings. The van der Waals surface area contributed by atoms with E-state index >= 15 is 0 Å². The smallest absolute Gasteiger partial charge is 0.304 e. The number of aliphatic hydroxyl groups is 3. The van der Waals surface area contributed by atoms with E-state index in [1.54, 1.807) is 23.5 Å². The second-order valence-electron chi connectivity index (χ2n) is 9.18. The Bertz CT molecular complexity index is 1050. The molecule has 0 radical (unpaired) electrons. The average molecular weight is 623 g/mol. The largest absolute Gasteiger partial charge is 0.443 e. The molecule has 0 unspecified atom stereocenters. The molecule has 9 nitrogen and oxygen atoms in total. The summed E-state index contributed by atoms with van der Waals surface area (Å²) in [7, 11) is -3.85. The van der Waals surface area contributed by atoms with Gasteiger partial charge >= 0.3 is 5.97 Å². The number of nitrogens with zero attached hydrogens (tertiary/aromatic N) is 1. The number of esters is 1. The summed E-state index contributed by atoms with van der Waals surface area (Å²) in [6, 6.07) is 4.00. The maximum atomic E-state index is 12.3. The zero-order valence-electron chi connectivity index (χ0n) is 21.0. The SMILES string of the molecule is CC(=O)OCN(C(=O)CCC/C=C\C[C@@H]1[C@@H](/C=C/[C@@H](O)CCc2ccc(Br)s2)[C@H](O)C[C@@H]1O)S(C)(=O)=O. The lowest BCUT2D eigenvalue weighted by atomic mass is 9.89. The first kappa shape index (κ1) is 31.6. The van der Waals surface area contributed by atoms with Gasteiger partial charge in [-0.1, -0.05) is 24.3 Å². The number of aliphatic hydroxyl groups excluding tert-OH is 3. The lowest BCUT2D eigenvalue weighted by Gasteiger charge is -2.20. The van der Waals surface area contributed by atoms with Gasteiger partial charge in [0, 0.05) is 30.6 Å². The Kier molecular flexibility index (Phi) is 12.9. The number of amides is 1. The minimum absolute atomic E-state index is 0.0326. The number of allylic oxidation sites excluding steroid dienone is 2. The van der Waals surface area contributed by atoms with Gasteiger partial charge in [0.1, 0.15) is 0 Å². The number of hydrogen-bond acceptors (Lipinski definition) is 9. The summed E-state index contributed by atoms with van der Waals surface area (Å²) < 4.78 is 29.8. The standard InChI is InChI=1S/C25H36BrNO8S2/c1-17(28)35-16-27(37(2,33)34)25(32)8-6-4-3-5-7-20-21(23(31)15-22(20)30)13-10-18(29)9-11-19-12-14-24(26)36-19/h3,5,10,12-14,18,20-23,29-31H,4,6-9,11,15-16H2,1-2H3/b5-3-,13-10+/t18-,20+,21+,22-,23+/m0/s1. The van der Waals surface area contributed by atoms with Gasteiger partial charge in [-0.15, -0.1) is 11.3 Å². The molecule has 0 aromatic carbocycles. The Morgan fingerprint density at radius 1 is 1.27 bits per heavy atom. The first-order valence-corrected chi connectivity index (χ1v) is 15.6. The maximum Gasteiger partial charge on any atom is 0.304 e. The highest BCUT2D eigenvalue weighted by Gasteiger charge is 2.39. The number of rotatable bonds is 14. The molecule has 0 aliphatic heterocycles. The van der Waals surface area contributed by atoms with E-state index in [-0.39, 0.29) is 24.7 Å². The summed E-state index contributed by atoms with van der Waals surface area (Å²) in [6.07, 6.45) is 9.09. The van der Waals surface area contributed by atoms with Crippen LogP contribution in [0.3, 0.4) is 0 Å². The molecule has 3 N–H and O–H groups in total. The Balaban J connectivity index is 1.80. The Morgan fingerprint density at radius 2 is 2.00 bits per heavy atom. The molecule has 1 aromatic heterocycles. The quantitative estimate of drug-likeness (QED) is 0.124. The predicted molar refractivity (Wildman–Crippen MR) is 145 cm³/mol. The Morgan fingerprint density at radius 3 is 2.62 bits per heavy atom. The molecule has 37 heavy (non-hydrogen) atoms.